The summed E-state index contributed by atoms with van der Waals surface area (Å²) in [6.45, 7) is 11.5. The van der Waals surface area contributed by atoms with Crippen LogP contribution in [-0.4, -0.2) is 125 Å². The molecule has 0 fully saturated rings. The molecule has 15 heteroatoms. The minimum absolute atomic E-state index is 0.117. The summed E-state index contributed by atoms with van der Waals surface area (Å²) in [5.41, 5.74) is 6.59. The van der Waals surface area contributed by atoms with Crippen LogP contribution in [0.25, 0.3) is 0 Å². The van der Waals surface area contributed by atoms with Crippen LogP contribution in [0.3, 0.4) is 0 Å². The number of allylic oxidation sites excluding steroid dienone is 7. The van der Waals surface area contributed by atoms with E-state index in [-0.39, 0.29) is 16.2 Å². The first kappa shape index (κ1) is 49.7. The monoisotopic (exact) mass is 930 g/mol. The van der Waals surface area contributed by atoms with Gasteiger partial charge in [-0.25, -0.2) is 16.8 Å². The molecule has 0 amide bonds. The molecule has 0 bridgehead atoms. The summed E-state index contributed by atoms with van der Waals surface area (Å²) in [7, 11) is 3.52. The Morgan fingerprint density at radius 1 is 0.785 bits per heavy atom. The zero-order chi connectivity index (χ0) is 47.9. The number of aliphatic carboxylic acids is 1. The minimum atomic E-state index is -4.69. The third-order valence-electron chi connectivity index (χ3n) is 12.8. The van der Waals surface area contributed by atoms with Crippen LogP contribution >= 0.6 is 0 Å². The average molecular weight is 931 g/mol. The van der Waals surface area contributed by atoms with Crippen molar-refractivity contribution in [3.63, 3.8) is 0 Å². The van der Waals surface area contributed by atoms with Gasteiger partial charge in [0.2, 0.25) is 5.69 Å². The molecule has 2 aliphatic heterocycles. The summed E-state index contributed by atoms with van der Waals surface area (Å²) >= 11 is 0. The van der Waals surface area contributed by atoms with Crippen molar-refractivity contribution in [3.8, 4) is 5.75 Å². The van der Waals surface area contributed by atoms with Crippen LogP contribution in [0.1, 0.15) is 76.5 Å². The van der Waals surface area contributed by atoms with Crippen molar-refractivity contribution in [3.05, 3.63) is 124 Å². The maximum atomic E-state index is 12.2. The van der Waals surface area contributed by atoms with Gasteiger partial charge in [0, 0.05) is 35.8 Å². The van der Waals surface area contributed by atoms with Crippen LogP contribution < -0.4 is 9.64 Å². The summed E-state index contributed by atoms with van der Waals surface area (Å²) in [6, 6.07) is 16.4. The van der Waals surface area contributed by atoms with Gasteiger partial charge < -0.3 is 27.9 Å². The standard InChI is InChI=1S/C50H64N4O9S2/c1-49(2)41-33-39(64(57,58)59)22-24-43(41)51(28-12-30-53(5,6)7)45(49)26-18-36-14-11-15-37(48(36)63-38-20-16-35(17-21-38)32-47(55)56)19-27-46-50(3,4)42-34-40(65(60,61)62)23-25-44(42)52(46)29-13-31-54(8,9)10/h16-27,33-34H,11-15,28-32H2,1-10H3/p+2. The number of benzene rings is 3. The van der Waals surface area contributed by atoms with E-state index >= 15 is 0 Å². The van der Waals surface area contributed by atoms with Gasteiger partial charge >= 0.3 is 5.97 Å². The molecule has 0 aromatic heterocycles. The quantitative estimate of drug-likeness (QED) is 0.0927. The molecule has 0 saturated heterocycles. The highest BCUT2D eigenvalue weighted by Crippen LogP contribution is 2.43. The van der Waals surface area contributed by atoms with Gasteiger partial charge in [-0.1, -0.05) is 12.1 Å². The first-order chi connectivity index (χ1) is 30.1. The highest BCUT2D eigenvalue weighted by Gasteiger charge is 2.46. The Morgan fingerprint density at radius 3 is 1.98 bits per heavy atom. The molecule has 3 aromatic rings. The maximum Gasteiger partial charge on any atom is 0.307 e. The molecule has 6 rings (SSSR count). The number of hydrogen-bond donors (Lipinski definition) is 2. The van der Waals surface area contributed by atoms with Crippen LogP contribution in [0.15, 0.2) is 117 Å². The second-order valence-electron chi connectivity index (χ2n) is 20.7. The number of fused-ring (bicyclic) bond motifs is 2. The van der Waals surface area contributed by atoms with Gasteiger partial charge in [-0.05, 0) is 118 Å². The summed E-state index contributed by atoms with van der Waals surface area (Å²) in [5.74, 6) is 0.283. The molecule has 3 aromatic carbocycles. The first-order valence-corrected chi connectivity index (χ1v) is 25.0. The first-order valence-electron chi connectivity index (χ1n) is 22.2. The topological polar surface area (TPSA) is 168 Å². The van der Waals surface area contributed by atoms with E-state index < -0.39 is 37.0 Å². The Hall–Kier alpha value is -4.74. The van der Waals surface area contributed by atoms with E-state index in [2.05, 4.69) is 85.0 Å². The lowest BCUT2D eigenvalue weighted by Crippen LogP contribution is -3.05. The Kier molecular flexibility index (Phi) is 14.1. The second-order valence-corrected chi connectivity index (χ2v) is 23.4. The van der Waals surface area contributed by atoms with E-state index in [4.69, 9.17) is 4.74 Å². The number of nitrogens with zero attached hydrogens (tertiary/aromatic N) is 3. The molecule has 1 unspecified atom stereocenters. The Balaban J connectivity index is 1.49. The van der Waals surface area contributed by atoms with Crippen molar-refractivity contribution in [1.29, 1.82) is 0 Å². The summed E-state index contributed by atoms with van der Waals surface area (Å²) in [6.07, 6.45) is 12.2. The van der Waals surface area contributed by atoms with Gasteiger partial charge in [0.25, 0.3) is 0 Å². The molecule has 350 valence electrons. The van der Waals surface area contributed by atoms with E-state index in [0.717, 1.165) is 97.8 Å². The van der Waals surface area contributed by atoms with Crippen LogP contribution in [0, 0.1) is 0 Å². The fourth-order valence-electron chi connectivity index (χ4n) is 9.37. The van der Waals surface area contributed by atoms with Crippen molar-refractivity contribution < 1.29 is 59.0 Å². The Labute approximate surface area is 386 Å². The molecule has 65 heavy (non-hydrogen) atoms. The summed E-state index contributed by atoms with van der Waals surface area (Å²) < 4.78 is 83.8. The van der Waals surface area contributed by atoms with Crippen molar-refractivity contribution in [1.82, 2.24) is 0 Å². The predicted octanol–water partition coefficient (Wildman–Crippen LogP) is 6.08. The molecule has 0 radical (unpaired) electrons. The van der Waals surface area contributed by atoms with Crippen LogP contribution in [-0.2, 0) is 42.3 Å². The molecular formula is C50H66N4O9S2+2. The number of quaternary nitrogens is 3. The highest BCUT2D eigenvalue weighted by atomic mass is 32.2. The zero-order valence-corrected chi connectivity index (χ0v) is 41.2. The number of carbonyl (C=O) groups is 1. The number of ether oxygens (including phenoxy) is 1. The van der Waals surface area contributed by atoms with Gasteiger partial charge in [-0.2, -0.15) is 4.58 Å². The van der Waals surface area contributed by atoms with Crippen molar-refractivity contribution in [2.75, 3.05) is 68.5 Å². The van der Waals surface area contributed by atoms with Gasteiger partial charge in [-0.3, -0.25) is 9.69 Å². The largest absolute Gasteiger partial charge is 0.744 e. The number of hydrogen-bond acceptors (Lipinski definition) is 8. The van der Waals surface area contributed by atoms with E-state index in [0.29, 0.717) is 36.5 Å². The summed E-state index contributed by atoms with van der Waals surface area (Å²) in [5, 5.41) is 9.41. The number of carboxylic acids is 1. The molecule has 2 heterocycles. The smallest absolute Gasteiger partial charge is 0.307 e. The molecule has 1 aliphatic carbocycles. The molecule has 13 nitrogen and oxygen atoms in total. The van der Waals surface area contributed by atoms with Gasteiger partial charge in [0.15, 0.2) is 12.3 Å². The van der Waals surface area contributed by atoms with E-state index in [1.807, 2.05) is 13.8 Å². The Bertz CT molecular complexity index is 2730. The lowest BCUT2D eigenvalue weighted by atomic mass is 9.81. The van der Waals surface area contributed by atoms with E-state index in [9.17, 15) is 35.8 Å². The lowest BCUT2D eigenvalue weighted by molar-refractivity contribution is -0.875. The maximum absolute atomic E-state index is 12.2. The van der Waals surface area contributed by atoms with Crippen molar-refractivity contribution in [2.45, 2.75) is 86.8 Å². The van der Waals surface area contributed by atoms with Gasteiger partial charge in [0.05, 0.1) is 95.4 Å². The van der Waals surface area contributed by atoms with Gasteiger partial charge in [-0.15, -0.1) is 0 Å². The molecule has 0 saturated carbocycles. The minimum Gasteiger partial charge on any atom is -0.744 e. The van der Waals surface area contributed by atoms with E-state index in [1.165, 1.54) is 24.3 Å². The lowest BCUT2D eigenvalue weighted by Gasteiger charge is -2.26. The second kappa shape index (κ2) is 18.5. The predicted molar refractivity (Wildman–Crippen MR) is 250 cm³/mol. The third kappa shape index (κ3) is 11.6. The van der Waals surface area contributed by atoms with Crippen LogP contribution in [0.2, 0.25) is 0 Å². The fraction of sp³-hybridized carbons (Fsp3) is 0.440. The van der Waals surface area contributed by atoms with Crippen LogP contribution in [0.5, 0.6) is 5.75 Å². The SMILES string of the molecule is CC1(C)C(/C=C/C2=C(Oc3ccc(CC(=O)O)cc3)C(=C/C=C3/[NH+](CCC[N+](C)(C)C)c4ccc(S(=O)(=O)[O-])cc4C3(C)C)/CCC2)=[N+](CCC[N+](C)(C)C)c2ccc(S(=O)(=O)[O-])cc21. The molecule has 3 aliphatic rings. The summed E-state index contributed by atoms with van der Waals surface area (Å²) in [4.78, 5) is 12.1. The molecule has 0 spiro atoms. The Morgan fingerprint density at radius 2 is 1.38 bits per heavy atom. The number of rotatable bonds is 17. The molecule has 1 atom stereocenters. The molecule has 2 N–H and O–H groups in total. The zero-order valence-electron chi connectivity index (χ0n) is 39.5. The van der Waals surface area contributed by atoms with Crippen molar-refractivity contribution in [2.24, 2.45) is 0 Å². The molecular weight excluding hydrogens is 865 g/mol. The average Bonchev–Trinajstić information content (AvgIpc) is 3.53. The van der Waals surface area contributed by atoms with E-state index in [1.54, 1.807) is 36.4 Å². The third-order valence-corrected chi connectivity index (χ3v) is 14.4. The number of carboxylic acid groups (broad SMARTS) is 1. The number of nitrogens with one attached hydrogen (secondary N) is 1. The van der Waals surface area contributed by atoms with Crippen molar-refractivity contribution >= 4 is 43.3 Å². The van der Waals surface area contributed by atoms with Gasteiger partial charge in [0.1, 0.15) is 43.1 Å². The fourth-order valence-corrected chi connectivity index (χ4v) is 10.4. The highest BCUT2D eigenvalue weighted by molar-refractivity contribution is 7.86. The normalized spacial score (nSPS) is 20.0. The van der Waals surface area contributed by atoms with Crippen LogP contribution in [0.4, 0.5) is 11.4 Å².